The van der Waals surface area contributed by atoms with E-state index in [0.29, 0.717) is 30.3 Å². The van der Waals surface area contributed by atoms with E-state index >= 15 is 0 Å². The van der Waals surface area contributed by atoms with Crippen molar-refractivity contribution < 1.29 is 44.3 Å². The predicted octanol–water partition coefficient (Wildman–Crippen LogP) is 6.94. The SMILES string of the molecule is O=C(Nc1ccc(Cl)c(C(F)(F)F)c1)N(c1cccc(C(F)(F)F)c1)C(F)(F)F. The van der Waals surface area contributed by atoms with E-state index in [-0.39, 0.29) is 6.07 Å². The molecule has 0 saturated carbocycles. The smallest absolute Gasteiger partial charge is 0.307 e. The summed E-state index contributed by atoms with van der Waals surface area (Å²) in [4.78, 5) is 11.1. The molecule has 158 valence electrons. The van der Waals surface area contributed by atoms with Crippen LogP contribution in [0.25, 0.3) is 0 Å². The summed E-state index contributed by atoms with van der Waals surface area (Å²) in [5.74, 6) is 0. The standard InChI is InChI=1S/C16H8ClF9N2O/c17-12-5-4-9(7-11(12)15(21,22)23)27-13(29)28(16(24,25)26)10-3-1-2-8(6-10)14(18,19)20/h1-7H,(H,27,29). The Balaban J connectivity index is 2.42. The summed E-state index contributed by atoms with van der Waals surface area (Å²) >= 11 is 5.38. The van der Waals surface area contributed by atoms with Crippen molar-refractivity contribution in [1.82, 2.24) is 0 Å². The van der Waals surface area contributed by atoms with E-state index in [4.69, 9.17) is 11.6 Å². The molecule has 3 nitrogen and oxygen atoms in total. The lowest BCUT2D eigenvalue weighted by Gasteiger charge is -2.26. The quantitative estimate of drug-likeness (QED) is 0.390. The number of nitrogens with zero attached hydrogens (tertiary/aromatic N) is 1. The molecular weight excluding hydrogens is 443 g/mol. The Hall–Kier alpha value is -2.63. The first kappa shape index (κ1) is 22.7. The van der Waals surface area contributed by atoms with Gasteiger partial charge in [0.1, 0.15) is 0 Å². The highest BCUT2D eigenvalue weighted by Crippen LogP contribution is 2.37. The average Bonchev–Trinajstić information content (AvgIpc) is 2.54. The first-order chi connectivity index (χ1) is 13.1. The molecule has 0 spiro atoms. The second-order valence-electron chi connectivity index (χ2n) is 5.47. The molecule has 0 bridgehead atoms. The van der Waals surface area contributed by atoms with Gasteiger partial charge in [-0.2, -0.15) is 26.3 Å². The number of carbonyl (C=O) groups is 1. The van der Waals surface area contributed by atoms with Crippen LogP contribution in [0.5, 0.6) is 0 Å². The zero-order chi connectivity index (χ0) is 22.2. The second kappa shape index (κ2) is 7.65. The number of hydrogen-bond acceptors (Lipinski definition) is 1. The van der Waals surface area contributed by atoms with E-state index in [1.165, 1.54) is 0 Å². The Labute approximate surface area is 161 Å². The highest BCUT2D eigenvalue weighted by molar-refractivity contribution is 6.31. The number of anilines is 2. The molecule has 0 aliphatic carbocycles. The predicted molar refractivity (Wildman–Crippen MR) is 85.5 cm³/mol. The fourth-order valence-electron chi connectivity index (χ4n) is 2.20. The molecule has 29 heavy (non-hydrogen) atoms. The summed E-state index contributed by atoms with van der Waals surface area (Å²) in [6.07, 6.45) is -15.4. The van der Waals surface area contributed by atoms with Gasteiger partial charge in [-0.05, 0) is 36.4 Å². The molecule has 2 aromatic rings. The van der Waals surface area contributed by atoms with Crippen LogP contribution < -0.4 is 10.2 Å². The molecule has 0 saturated heterocycles. The minimum absolute atomic E-state index is 0.0794. The third-order valence-electron chi connectivity index (χ3n) is 3.41. The lowest BCUT2D eigenvalue weighted by Crippen LogP contribution is -2.45. The molecule has 0 fully saturated rings. The summed E-state index contributed by atoms with van der Waals surface area (Å²) in [5.41, 5.74) is -4.76. The zero-order valence-corrected chi connectivity index (χ0v) is 14.4. The van der Waals surface area contributed by atoms with E-state index < -0.39 is 57.1 Å². The Morgan fingerprint density at radius 3 is 2.00 bits per heavy atom. The maximum absolute atomic E-state index is 13.3. The van der Waals surface area contributed by atoms with E-state index in [0.717, 1.165) is 6.07 Å². The van der Waals surface area contributed by atoms with Crippen LogP contribution in [0, 0.1) is 0 Å². The molecule has 0 aliphatic rings. The summed E-state index contributed by atoms with van der Waals surface area (Å²) in [6.45, 7) is 0. The molecule has 2 amide bonds. The number of urea groups is 1. The topological polar surface area (TPSA) is 32.3 Å². The van der Waals surface area contributed by atoms with Crippen LogP contribution in [0.15, 0.2) is 42.5 Å². The number of benzene rings is 2. The summed E-state index contributed by atoms with van der Waals surface area (Å²) in [6, 6.07) is 1.58. The third-order valence-corrected chi connectivity index (χ3v) is 3.74. The first-order valence-corrected chi connectivity index (χ1v) is 7.70. The monoisotopic (exact) mass is 450 g/mol. The van der Waals surface area contributed by atoms with Gasteiger partial charge in [0.05, 0.1) is 21.8 Å². The fraction of sp³-hybridized carbons (Fsp3) is 0.188. The van der Waals surface area contributed by atoms with Crippen molar-refractivity contribution in [3.05, 3.63) is 58.6 Å². The Kier molecular flexibility index (Phi) is 5.98. The highest BCUT2D eigenvalue weighted by Gasteiger charge is 2.43. The number of nitrogens with one attached hydrogen (secondary N) is 1. The molecule has 0 unspecified atom stereocenters. The number of rotatable bonds is 2. The summed E-state index contributed by atoms with van der Waals surface area (Å²) in [7, 11) is 0. The van der Waals surface area contributed by atoms with Gasteiger partial charge in [0, 0.05) is 5.69 Å². The average molecular weight is 451 g/mol. The van der Waals surface area contributed by atoms with Crippen molar-refractivity contribution in [2.75, 3.05) is 10.2 Å². The Morgan fingerprint density at radius 1 is 0.862 bits per heavy atom. The van der Waals surface area contributed by atoms with Crippen LogP contribution >= 0.6 is 11.6 Å². The van der Waals surface area contributed by atoms with Gasteiger partial charge in [0.25, 0.3) is 0 Å². The van der Waals surface area contributed by atoms with Crippen LogP contribution in [0.4, 0.5) is 55.7 Å². The fourth-order valence-corrected chi connectivity index (χ4v) is 2.42. The van der Waals surface area contributed by atoms with Gasteiger partial charge in [-0.1, -0.05) is 17.7 Å². The number of amides is 2. The highest BCUT2D eigenvalue weighted by atomic mass is 35.5. The zero-order valence-electron chi connectivity index (χ0n) is 13.7. The lowest BCUT2D eigenvalue weighted by atomic mass is 10.2. The number of hydrogen-bond donors (Lipinski definition) is 1. The lowest BCUT2D eigenvalue weighted by molar-refractivity contribution is -0.138. The molecule has 1 N–H and O–H groups in total. The number of halogens is 10. The van der Waals surface area contributed by atoms with Gasteiger partial charge in [0.2, 0.25) is 0 Å². The molecule has 2 aromatic carbocycles. The summed E-state index contributed by atoms with van der Waals surface area (Å²) < 4.78 is 117. The minimum atomic E-state index is -5.48. The normalized spacial score (nSPS) is 12.6. The van der Waals surface area contributed by atoms with E-state index in [9.17, 15) is 44.3 Å². The second-order valence-corrected chi connectivity index (χ2v) is 5.88. The third kappa shape index (κ3) is 5.46. The van der Waals surface area contributed by atoms with Gasteiger partial charge in [0.15, 0.2) is 0 Å². The molecular formula is C16H8ClF9N2O. The van der Waals surface area contributed by atoms with Crippen molar-refractivity contribution in [2.24, 2.45) is 0 Å². The minimum Gasteiger partial charge on any atom is -0.307 e. The number of carbonyl (C=O) groups excluding carboxylic acids is 1. The van der Waals surface area contributed by atoms with Crippen molar-refractivity contribution >= 4 is 29.0 Å². The van der Waals surface area contributed by atoms with Gasteiger partial charge >= 0.3 is 24.7 Å². The molecule has 0 aromatic heterocycles. The van der Waals surface area contributed by atoms with Crippen molar-refractivity contribution in [2.45, 2.75) is 18.7 Å². The van der Waals surface area contributed by atoms with Crippen LogP contribution in [-0.4, -0.2) is 12.3 Å². The van der Waals surface area contributed by atoms with Gasteiger partial charge < -0.3 is 5.32 Å². The van der Waals surface area contributed by atoms with E-state index in [2.05, 4.69) is 0 Å². The molecule has 0 radical (unpaired) electrons. The van der Waals surface area contributed by atoms with Crippen molar-refractivity contribution in [3.8, 4) is 0 Å². The van der Waals surface area contributed by atoms with Crippen molar-refractivity contribution in [3.63, 3.8) is 0 Å². The summed E-state index contributed by atoms with van der Waals surface area (Å²) in [5, 5.41) is 0.809. The van der Waals surface area contributed by atoms with Crippen LogP contribution in [0.1, 0.15) is 11.1 Å². The molecule has 2 rings (SSSR count). The largest absolute Gasteiger partial charge is 0.493 e. The molecule has 13 heteroatoms. The Morgan fingerprint density at radius 2 is 1.48 bits per heavy atom. The van der Waals surface area contributed by atoms with Crippen LogP contribution in [0.2, 0.25) is 5.02 Å². The molecule has 0 heterocycles. The van der Waals surface area contributed by atoms with E-state index in [1.54, 1.807) is 5.32 Å². The Bertz CT molecular complexity index is 906. The van der Waals surface area contributed by atoms with Crippen molar-refractivity contribution in [1.29, 1.82) is 0 Å². The van der Waals surface area contributed by atoms with Crippen LogP contribution in [-0.2, 0) is 12.4 Å². The van der Waals surface area contributed by atoms with Gasteiger partial charge in [-0.15, -0.1) is 13.2 Å². The van der Waals surface area contributed by atoms with Crippen LogP contribution in [0.3, 0.4) is 0 Å². The number of alkyl halides is 9. The molecule has 0 aliphatic heterocycles. The maximum atomic E-state index is 13.3. The van der Waals surface area contributed by atoms with Gasteiger partial charge in [-0.3, -0.25) is 0 Å². The first-order valence-electron chi connectivity index (χ1n) is 7.32. The molecule has 0 atom stereocenters. The van der Waals surface area contributed by atoms with Gasteiger partial charge in [-0.25, -0.2) is 9.69 Å². The maximum Gasteiger partial charge on any atom is 0.493 e. The van der Waals surface area contributed by atoms with E-state index in [1.807, 2.05) is 0 Å².